The van der Waals surface area contributed by atoms with Gasteiger partial charge in [0.1, 0.15) is 0 Å². The number of likely N-dealkylation sites (N-methyl/N-ethyl adjacent to an activating group) is 1. The highest BCUT2D eigenvalue weighted by Crippen LogP contribution is 2.17. The molecule has 1 aromatic rings. The SMILES string of the molecule is CCc1nn(C)cc1C(COC)NC. The van der Waals surface area contributed by atoms with E-state index in [1.54, 1.807) is 7.11 Å². The van der Waals surface area contributed by atoms with E-state index in [1.807, 2.05) is 18.8 Å². The summed E-state index contributed by atoms with van der Waals surface area (Å²) in [7, 11) is 5.60. The van der Waals surface area contributed by atoms with E-state index in [2.05, 4.69) is 23.5 Å². The van der Waals surface area contributed by atoms with Crippen molar-refractivity contribution in [1.82, 2.24) is 15.1 Å². The van der Waals surface area contributed by atoms with E-state index in [0.717, 1.165) is 12.1 Å². The van der Waals surface area contributed by atoms with Gasteiger partial charge in [0, 0.05) is 25.9 Å². The standard InChI is InChI=1S/C10H19N3O/c1-5-9-8(6-13(3)12-9)10(11-2)7-14-4/h6,10-11H,5,7H2,1-4H3. The molecule has 1 N–H and O–H groups in total. The Morgan fingerprint density at radius 1 is 1.64 bits per heavy atom. The fourth-order valence-electron chi connectivity index (χ4n) is 1.61. The van der Waals surface area contributed by atoms with Gasteiger partial charge in [0.2, 0.25) is 0 Å². The third kappa shape index (κ3) is 2.33. The van der Waals surface area contributed by atoms with Crippen molar-refractivity contribution in [3.05, 3.63) is 17.5 Å². The van der Waals surface area contributed by atoms with Crippen LogP contribution in [-0.2, 0) is 18.2 Å². The van der Waals surface area contributed by atoms with Crippen molar-refractivity contribution in [2.45, 2.75) is 19.4 Å². The van der Waals surface area contributed by atoms with Crippen molar-refractivity contribution in [1.29, 1.82) is 0 Å². The summed E-state index contributed by atoms with van der Waals surface area (Å²) >= 11 is 0. The molecule has 1 unspecified atom stereocenters. The third-order valence-corrected chi connectivity index (χ3v) is 2.33. The molecule has 14 heavy (non-hydrogen) atoms. The molecular weight excluding hydrogens is 178 g/mol. The van der Waals surface area contributed by atoms with E-state index >= 15 is 0 Å². The molecule has 0 bridgehead atoms. The van der Waals surface area contributed by atoms with Crippen LogP contribution in [0, 0.1) is 0 Å². The Hall–Kier alpha value is -0.870. The number of rotatable bonds is 5. The first-order valence-corrected chi connectivity index (χ1v) is 4.91. The van der Waals surface area contributed by atoms with Crippen LogP contribution in [0.3, 0.4) is 0 Å². The Labute approximate surface area is 85.3 Å². The molecule has 0 spiro atoms. The van der Waals surface area contributed by atoms with Crippen molar-refractivity contribution in [3.8, 4) is 0 Å². The molecule has 4 nitrogen and oxygen atoms in total. The molecule has 0 aromatic carbocycles. The molecule has 0 aliphatic rings. The predicted octanol–water partition coefficient (Wildman–Crippen LogP) is 0.889. The molecule has 0 radical (unpaired) electrons. The monoisotopic (exact) mass is 197 g/mol. The number of aromatic nitrogens is 2. The topological polar surface area (TPSA) is 39.1 Å². The van der Waals surface area contributed by atoms with Crippen LogP contribution in [0.1, 0.15) is 24.2 Å². The van der Waals surface area contributed by atoms with Gasteiger partial charge in [-0.1, -0.05) is 6.92 Å². The smallest absolute Gasteiger partial charge is 0.0670 e. The molecule has 1 heterocycles. The average Bonchev–Trinajstić information content (AvgIpc) is 2.55. The number of methoxy groups -OCH3 is 1. The maximum atomic E-state index is 5.16. The first-order valence-electron chi connectivity index (χ1n) is 4.91. The second-order valence-electron chi connectivity index (χ2n) is 3.35. The minimum atomic E-state index is 0.239. The van der Waals surface area contributed by atoms with E-state index < -0.39 is 0 Å². The minimum absolute atomic E-state index is 0.239. The lowest BCUT2D eigenvalue weighted by atomic mass is 10.1. The molecule has 0 fully saturated rings. The minimum Gasteiger partial charge on any atom is -0.383 e. The number of nitrogens with zero attached hydrogens (tertiary/aromatic N) is 2. The zero-order chi connectivity index (χ0) is 10.6. The van der Waals surface area contributed by atoms with Crippen LogP contribution in [0.25, 0.3) is 0 Å². The first-order chi connectivity index (χ1) is 6.72. The number of aryl methyl sites for hydroxylation is 2. The normalized spacial score (nSPS) is 13.1. The van der Waals surface area contributed by atoms with Crippen molar-refractivity contribution >= 4 is 0 Å². The Morgan fingerprint density at radius 3 is 2.86 bits per heavy atom. The zero-order valence-corrected chi connectivity index (χ0v) is 9.37. The Balaban J connectivity index is 2.89. The summed E-state index contributed by atoms with van der Waals surface area (Å²) in [5.41, 5.74) is 2.38. The number of nitrogens with one attached hydrogen (secondary N) is 1. The number of hydrogen-bond acceptors (Lipinski definition) is 3. The molecule has 80 valence electrons. The molecule has 0 aliphatic carbocycles. The highest BCUT2D eigenvalue weighted by molar-refractivity contribution is 5.21. The van der Waals surface area contributed by atoms with Gasteiger partial charge < -0.3 is 10.1 Å². The van der Waals surface area contributed by atoms with E-state index in [4.69, 9.17) is 4.74 Å². The van der Waals surface area contributed by atoms with Crippen molar-refractivity contribution in [2.24, 2.45) is 7.05 Å². The number of hydrogen-bond donors (Lipinski definition) is 1. The van der Waals surface area contributed by atoms with Crippen LogP contribution < -0.4 is 5.32 Å². The summed E-state index contributed by atoms with van der Waals surface area (Å²) < 4.78 is 7.01. The van der Waals surface area contributed by atoms with Crippen LogP contribution in [0.2, 0.25) is 0 Å². The fourth-order valence-corrected chi connectivity index (χ4v) is 1.61. The molecule has 0 saturated heterocycles. The summed E-state index contributed by atoms with van der Waals surface area (Å²) in [4.78, 5) is 0. The van der Waals surface area contributed by atoms with Gasteiger partial charge in [-0.3, -0.25) is 4.68 Å². The van der Waals surface area contributed by atoms with Crippen LogP contribution in [-0.4, -0.2) is 30.5 Å². The lowest BCUT2D eigenvalue weighted by Gasteiger charge is -2.14. The maximum absolute atomic E-state index is 5.16. The summed E-state index contributed by atoms with van der Waals surface area (Å²) in [6.45, 7) is 2.79. The van der Waals surface area contributed by atoms with Gasteiger partial charge in [-0.15, -0.1) is 0 Å². The second kappa shape index (κ2) is 5.12. The largest absolute Gasteiger partial charge is 0.383 e. The van der Waals surface area contributed by atoms with Crippen molar-refractivity contribution in [3.63, 3.8) is 0 Å². The van der Waals surface area contributed by atoms with Crippen molar-refractivity contribution in [2.75, 3.05) is 20.8 Å². The van der Waals surface area contributed by atoms with E-state index in [9.17, 15) is 0 Å². The molecule has 0 amide bonds. The summed E-state index contributed by atoms with van der Waals surface area (Å²) in [5, 5.41) is 7.63. The maximum Gasteiger partial charge on any atom is 0.0670 e. The van der Waals surface area contributed by atoms with E-state index in [1.165, 1.54) is 5.56 Å². The summed E-state index contributed by atoms with van der Waals surface area (Å²) in [6.07, 6.45) is 3.01. The van der Waals surface area contributed by atoms with Gasteiger partial charge in [0.15, 0.2) is 0 Å². The lowest BCUT2D eigenvalue weighted by molar-refractivity contribution is 0.170. The quantitative estimate of drug-likeness (QED) is 0.762. The van der Waals surface area contributed by atoms with Crippen LogP contribution in [0.5, 0.6) is 0 Å². The predicted molar refractivity (Wildman–Crippen MR) is 56.3 cm³/mol. The summed E-state index contributed by atoms with van der Waals surface area (Å²) in [6, 6.07) is 0.239. The van der Waals surface area contributed by atoms with Crippen molar-refractivity contribution < 1.29 is 4.74 Å². The molecule has 4 heteroatoms. The average molecular weight is 197 g/mol. The molecule has 1 atom stereocenters. The molecule has 1 aromatic heterocycles. The van der Waals surface area contributed by atoms with Gasteiger partial charge in [-0.2, -0.15) is 5.10 Å². The molecule has 1 rings (SSSR count). The molecule has 0 saturated carbocycles. The summed E-state index contributed by atoms with van der Waals surface area (Å²) in [5.74, 6) is 0. The van der Waals surface area contributed by atoms with Crippen LogP contribution in [0.4, 0.5) is 0 Å². The lowest BCUT2D eigenvalue weighted by Crippen LogP contribution is -2.21. The highest BCUT2D eigenvalue weighted by Gasteiger charge is 2.15. The van der Waals surface area contributed by atoms with Gasteiger partial charge in [0.05, 0.1) is 18.3 Å². The van der Waals surface area contributed by atoms with E-state index in [-0.39, 0.29) is 6.04 Å². The molecular formula is C10H19N3O. The zero-order valence-electron chi connectivity index (χ0n) is 9.37. The first kappa shape index (κ1) is 11.2. The Bertz CT molecular complexity index is 283. The van der Waals surface area contributed by atoms with E-state index in [0.29, 0.717) is 6.61 Å². The fraction of sp³-hybridized carbons (Fsp3) is 0.700. The van der Waals surface area contributed by atoms with Gasteiger partial charge in [0.25, 0.3) is 0 Å². The van der Waals surface area contributed by atoms with Gasteiger partial charge in [-0.25, -0.2) is 0 Å². The van der Waals surface area contributed by atoms with Crippen LogP contribution in [0.15, 0.2) is 6.20 Å². The van der Waals surface area contributed by atoms with Gasteiger partial charge in [-0.05, 0) is 13.5 Å². The molecule has 0 aliphatic heterocycles. The Morgan fingerprint density at radius 2 is 2.36 bits per heavy atom. The van der Waals surface area contributed by atoms with Crippen LogP contribution >= 0.6 is 0 Å². The van der Waals surface area contributed by atoms with Gasteiger partial charge >= 0.3 is 0 Å². The second-order valence-corrected chi connectivity index (χ2v) is 3.35. The third-order valence-electron chi connectivity index (χ3n) is 2.33. The Kier molecular flexibility index (Phi) is 4.10. The number of ether oxygens (including phenoxy) is 1. The highest BCUT2D eigenvalue weighted by atomic mass is 16.5.